The average molecular weight is 290 g/mol. The summed E-state index contributed by atoms with van der Waals surface area (Å²) in [5.74, 6) is -0.952. The molecule has 0 aliphatic carbocycles. The number of nitrogens with one attached hydrogen (secondary N) is 1. The van der Waals surface area contributed by atoms with Gasteiger partial charge >= 0.3 is 5.97 Å². The minimum atomic E-state index is -0.952. The Morgan fingerprint density at radius 1 is 1.40 bits per heavy atom. The van der Waals surface area contributed by atoms with Crippen molar-refractivity contribution in [1.82, 2.24) is 0 Å². The molecule has 0 aliphatic heterocycles. The van der Waals surface area contributed by atoms with E-state index in [1.54, 1.807) is 23.5 Å². The lowest BCUT2D eigenvalue weighted by Gasteiger charge is -2.16. The number of aryl methyl sites for hydroxylation is 1. The highest BCUT2D eigenvalue weighted by molar-refractivity contribution is 7.11. The van der Waals surface area contributed by atoms with Gasteiger partial charge in [-0.15, -0.1) is 11.3 Å². The van der Waals surface area contributed by atoms with E-state index in [9.17, 15) is 9.90 Å². The van der Waals surface area contributed by atoms with Crippen LogP contribution in [0.3, 0.4) is 0 Å². The van der Waals surface area contributed by atoms with Gasteiger partial charge in [0, 0.05) is 27.9 Å². The molecule has 0 spiro atoms. The maximum atomic E-state index is 11.2. The fourth-order valence-corrected chi connectivity index (χ4v) is 3.10. The molecule has 1 unspecified atom stereocenters. The summed E-state index contributed by atoms with van der Waals surface area (Å²) in [6, 6.07) is 9.13. The van der Waals surface area contributed by atoms with Gasteiger partial charge in [-0.3, -0.25) is 0 Å². The van der Waals surface area contributed by atoms with Gasteiger partial charge in [0.25, 0.3) is 0 Å². The molecule has 1 aromatic carbocycles. The smallest absolute Gasteiger partial charge is 0.337 e. The quantitative estimate of drug-likeness (QED) is 0.738. The van der Waals surface area contributed by atoms with Crippen LogP contribution in [0.25, 0.3) is 0 Å². The SMILES string of the molecule is Cc1ccc(CC(C)Nc2cc(N)ccc2C(=O)O)s1. The lowest BCUT2D eigenvalue weighted by atomic mass is 10.1. The molecule has 0 saturated carbocycles. The molecule has 0 amide bonds. The van der Waals surface area contributed by atoms with Crippen molar-refractivity contribution in [3.63, 3.8) is 0 Å². The first-order chi connectivity index (χ1) is 9.45. The highest BCUT2D eigenvalue weighted by Gasteiger charge is 2.13. The van der Waals surface area contributed by atoms with Gasteiger partial charge in [0.1, 0.15) is 0 Å². The number of carboxylic acid groups (broad SMARTS) is 1. The van der Waals surface area contributed by atoms with Crippen molar-refractivity contribution in [3.8, 4) is 0 Å². The topological polar surface area (TPSA) is 75.3 Å². The third-order valence-electron chi connectivity index (χ3n) is 2.98. The van der Waals surface area contributed by atoms with Crippen LogP contribution in [0.2, 0.25) is 0 Å². The molecule has 20 heavy (non-hydrogen) atoms. The number of carboxylic acids is 1. The Morgan fingerprint density at radius 2 is 2.15 bits per heavy atom. The summed E-state index contributed by atoms with van der Waals surface area (Å²) in [6.07, 6.45) is 0.854. The van der Waals surface area contributed by atoms with Gasteiger partial charge in [-0.1, -0.05) is 0 Å². The average Bonchev–Trinajstić information content (AvgIpc) is 2.74. The number of anilines is 2. The molecule has 2 aromatic rings. The highest BCUT2D eigenvalue weighted by Crippen LogP contribution is 2.22. The third-order valence-corrected chi connectivity index (χ3v) is 4.00. The molecule has 4 N–H and O–H groups in total. The van der Waals surface area contributed by atoms with E-state index >= 15 is 0 Å². The second kappa shape index (κ2) is 5.96. The first-order valence-electron chi connectivity index (χ1n) is 6.40. The Morgan fingerprint density at radius 3 is 2.75 bits per heavy atom. The van der Waals surface area contributed by atoms with Crippen LogP contribution in [0.5, 0.6) is 0 Å². The summed E-state index contributed by atoms with van der Waals surface area (Å²) in [5.41, 5.74) is 7.09. The second-order valence-electron chi connectivity index (χ2n) is 4.87. The van der Waals surface area contributed by atoms with E-state index in [0.29, 0.717) is 11.4 Å². The van der Waals surface area contributed by atoms with Gasteiger partial charge in [0.05, 0.1) is 11.3 Å². The van der Waals surface area contributed by atoms with Gasteiger partial charge in [-0.25, -0.2) is 4.79 Å². The molecule has 1 heterocycles. The standard InChI is InChI=1S/C15H18N2O2S/c1-9(7-12-5-3-10(2)20-12)17-14-8-11(16)4-6-13(14)15(18)19/h3-6,8-9,17H,7,16H2,1-2H3,(H,18,19). The van der Waals surface area contributed by atoms with Crippen LogP contribution in [0.1, 0.15) is 27.0 Å². The molecule has 0 fully saturated rings. The van der Waals surface area contributed by atoms with Crippen molar-refractivity contribution in [2.24, 2.45) is 0 Å². The van der Waals surface area contributed by atoms with Crippen molar-refractivity contribution in [2.45, 2.75) is 26.3 Å². The maximum Gasteiger partial charge on any atom is 0.337 e. The third kappa shape index (κ3) is 3.51. The molecule has 1 atom stereocenters. The summed E-state index contributed by atoms with van der Waals surface area (Å²) in [7, 11) is 0. The van der Waals surface area contributed by atoms with Crippen molar-refractivity contribution in [1.29, 1.82) is 0 Å². The number of rotatable bonds is 5. The Bertz CT molecular complexity index is 622. The molecule has 1 aromatic heterocycles. The molecule has 5 heteroatoms. The van der Waals surface area contributed by atoms with Crippen LogP contribution in [-0.4, -0.2) is 17.1 Å². The zero-order chi connectivity index (χ0) is 14.7. The monoisotopic (exact) mass is 290 g/mol. The van der Waals surface area contributed by atoms with Gasteiger partial charge in [0.2, 0.25) is 0 Å². The lowest BCUT2D eigenvalue weighted by Crippen LogP contribution is -2.19. The second-order valence-corrected chi connectivity index (χ2v) is 6.24. The Labute approximate surface area is 122 Å². The largest absolute Gasteiger partial charge is 0.478 e. The number of thiophene rings is 1. The molecular weight excluding hydrogens is 272 g/mol. The molecule has 2 rings (SSSR count). The van der Waals surface area contributed by atoms with Gasteiger partial charge in [0.15, 0.2) is 0 Å². The zero-order valence-electron chi connectivity index (χ0n) is 11.5. The number of nitrogens with two attached hydrogens (primary N) is 1. The summed E-state index contributed by atoms with van der Waals surface area (Å²) >= 11 is 1.76. The number of benzene rings is 1. The zero-order valence-corrected chi connectivity index (χ0v) is 12.3. The molecule has 106 valence electrons. The van der Waals surface area contributed by atoms with Crippen molar-refractivity contribution in [3.05, 3.63) is 45.6 Å². The predicted molar refractivity (Wildman–Crippen MR) is 83.7 cm³/mol. The molecule has 4 nitrogen and oxygen atoms in total. The van der Waals surface area contributed by atoms with Gasteiger partial charge < -0.3 is 16.2 Å². The van der Waals surface area contributed by atoms with Crippen LogP contribution in [0.4, 0.5) is 11.4 Å². The van der Waals surface area contributed by atoms with E-state index in [0.717, 1.165) is 6.42 Å². The van der Waals surface area contributed by atoms with Crippen LogP contribution in [0, 0.1) is 6.92 Å². The number of carbonyl (C=O) groups is 1. The van der Waals surface area contributed by atoms with Gasteiger partial charge in [-0.2, -0.15) is 0 Å². The minimum absolute atomic E-state index is 0.132. The van der Waals surface area contributed by atoms with Crippen molar-refractivity contribution in [2.75, 3.05) is 11.1 Å². The van der Waals surface area contributed by atoms with E-state index in [-0.39, 0.29) is 11.6 Å². The number of nitrogen functional groups attached to an aromatic ring is 1. The van der Waals surface area contributed by atoms with E-state index in [2.05, 4.69) is 24.4 Å². The minimum Gasteiger partial charge on any atom is -0.478 e. The fraction of sp³-hybridized carbons (Fsp3) is 0.267. The lowest BCUT2D eigenvalue weighted by molar-refractivity contribution is 0.0698. The number of hydrogen-bond acceptors (Lipinski definition) is 4. The van der Waals surface area contributed by atoms with E-state index in [1.165, 1.54) is 15.8 Å². The maximum absolute atomic E-state index is 11.2. The molecule has 0 bridgehead atoms. The predicted octanol–water partition coefficient (Wildman–Crippen LogP) is 3.38. The van der Waals surface area contributed by atoms with Crippen molar-refractivity contribution >= 4 is 28.7 Å². The first-order valence-corrected chi connectivity index (χ1v) is 7.22. The molecule has 0 aliphatic rings. The number of hydrogen-bond donors (Lipinski definition) is 3. The van der Waals surface area contributed by atoms with Crippen LogP contribution < -0.4 is 11.1 Å². The van der Waals surface area contributed by atoms with Crippen molar-refractivity contribution < 1.29 is 9.90 Å². The first kappa shape index (κ1) is 14.4. The normalized spacial score (nSPS) is 12.1. The Hall–Kier alpha value is -2.01. The highest BCUT2D eigenvalue weighted by atomic mass is 32.1. The Balaban J connectivity index is 2.12. The number of aromatic carboxylic acids is 1. The summed E-state index contributed by atoms with van der Waals surface area (Å²) < 4.78 is 0. The molecule has 0 saturated heterocycles. The molecular formula is C15H18N2O2S. The van der Waals surface area contributed by atoms with Crippen LogP contribution in [0.15, 0.2) is 30.3 Å². The summed E-state index contributed by atoms with van der Waals surface area (Å²) in [4.78, 5) is 13.8. The van der Waals surface area contributed by atoms with Crippen LogP contribution in [-0.2, 0) is 6.42 Å². The summed E-state index contributed by atoms with van der Waals surface area (Å²) in [5, 5.41) is 12.4. The van der Waals surface area contributed by atoms with Gasteiger partial charge in [-0.05, 0) is 44.2 Å². The summed E-state index contributed by atoms with van der Waals surface area (Å²) in [6.45, 7) is 4.11. The van der Waals surface area contributed by atoms with Crippen LogP contribution >= 0.6 is 11.3 Å². The Kier molecular flexibility index (Phi) is 4.29. The van der Waals surface area contributed by atoms with E-state index in [1.807, 2.05) is 6.92 Å². The van der Waals surface area contributed by atoms with E-state index in [4.69, 9.17) is 5.73 Å². The van der Waals surface area contributed by atoms with E-state index < -0.39 is 5.97 Å². The fourth-order valence-electron chi connectivity index (χ4n) is 2.08. The molecule has 0 radical (unpaired) electrons.